The summed E-state index contributed by atoms with van der Waals surface area (Å²) < 4.78 is 5.67. The lowest BCUT2D eigenvalue weighted by atomic mass is 10.1. The first-order valence-electron chi connectivity index (χ1n) is 6.63. The molecule has 102 valence electrons. The highest BCUT2D eigenvalue weighted by atomic mass is 16.5. The lowest BCUT2D eigenvalue weighted by molar-refractivity contribution is 0.271. The van der Waals surface area contributed by atoms with Crippen molar-refractivity contribution in [2.45, 2.75) is 26.8 Å². The van der Waals surface area contributed by atoms with Gasteiger partial charge in [-0.2, -0.15) is 5.10 Å². The van der Waals surface area contributed by atoms with Crippen LogP contribution < -0.4 is 10.1 Å². The fourth-order valence-corrected chi connectivity index (χ4v) is 1.78. The van der Waals surface area contributed by atoms with Crippen molar-refractivity contribution in [3.63, 3.8) is 0 Å². The first-order valence-corrected chi connectivity index (χ1v) is 6.63. The normalized spacial score (nSPS) is 12.4. The number of anilines is 1. The minimum Gasteiger partial charge on any atom is -0.493 e. The van der Waals surface area contributed by atoms with Gasteiger partial charge in [-0.1, -0.05) is 26.0 Å². The van der Waals surface area contributed by atoms with E-state index in [-0.39, 0.29) is 6.04 Å². The van der Waals surface area contributed by atoms with Crippen molar-refractivity contribution in [1.29, 1.82) is 0 Å². The van der Waals surface area contributed by atoms with Gasteiger partial charge in [-0.3, -0.25) is 5.10 Å². The van der Waals surface area contributed by atoms with E-state index in [1.54, 1.807) is 6.20 Å². The van der Waals surface area contributed by atoms with E-state index in [1.807, 2.05) is 18.3 Å². The van der Waals surface area contributed by atoms with Gasteiger partial charge in [0.05, 0.1) is 18.5 Å². The van der Waals surface area contributed by atoms with E-state index in [2.05, 4.69) is 48.4 Å². The van der Waals surface area contributed by atoms with Crippen molar-refractivity contribution >= 4 is 5.69 Å². The molecule has 1 aromatic carbocycles. The highest BCUT2D eigenvalue weighted by molar-refractivity contribution is 5.41. The second-order valence-electron chi connectivity index (χ2n) is 5.13. The molecule has 4 nitrogen and oxygen atoms in total. The zero-order valence-corrected chi connectivity index (χ0v) is 11.7. The van der Waals surface area contributed by atoms with Crippen LogP contribution in [0.4, 0.5) is 5.69 Å². The zero-order valence-electron chi connectivity index (χ0n) is 11.7. The van der Waals surface area contributed by atoms with Gasteiger partial charge in [0.25, 0.3) is 0 Å². The second kappa shape index (κ2) is 6.27. The summed E-state index contributed by atoms with van der Waals surface area (Å²) in [5.74, 6) is 1.47. The third-order valence-corrected chi connectivity index (χ3v) is 2.84. The Hall–Kier alpha value is -1.97. The standard InChI is InChI=1S/C15H21N3O/c1-11(2)10-19-15-6-4-13(5-7-15)12(3)18-14-8-16-17-9-14/h4-9,11-12,18H,10H2,1-3H3,(H,16,17). The van der Waals surface area contributed by atoms with Crippen LogP contribution in [0.5, 0.6) is 5.75 Å². The Labute approximate surface area is 114 Å². The number of nitrogens with zero attached hydrogens (tertiary/aromatic N) is 1. The molecular formula is C15H21N3O. The molecule has 4 heteroatoms. The maximum atomic E-state index is 5.67. The Balaban J connectivity index is 1.93. The molecule has 0 saturated carbocycles. The number of aromatic nitrogens is 2. The SMILES string of the molecule is CC(C)COc1ccc(C(C)Nc2cn[nH]c2)cc1. The largest absolute Gasteiger partial charge is 0.493 e. The van der Waals surface area contributed by atoms with Crippen LogP contribution in [0.1, 0.15) is 32.4 Å². The number of aromatic amines is 1. The van der Waals surface area contributed by atoms with Crippen molar-refractivity contribution in [1.82, 2.24) is 10.2 Å². The highest BCUT2D eigenvalue weighted by Crippen LogP contribution is 2.21. The Morgan fingerprint density at radius 3 is 2.53 bits per heavy atom. The average Bonchev–Trinajstić information content (AvgIpc) is 2.89. The second-order valence-corrected chi connectivity index (χ2v) is 5.13. The predicted molar refractivity (Wildman–Crippen MR) is 77.4 cm³/mol. The molecule has 2 aromatic rings. The lowest BCUT2D eigenvalue weighted by Gasteiger charge is -2.15. The zero-order chi connectivity index (χ0) is 13.7. The van der Waals surface area contributed by atoms with E-state index in [4.69, 9.17) is 4.74 Å². The molecule has 0 bridgehead atoms. The van der Waals surface area contributed by atoms with Gasteiger partial charge < -0.3 is 10.1 Å². The number of ether oxygens (including phenoxy) is 1. The number of nitrogens with one attached hydrogen (secondary N) is 2. The van der Waals surface area contributed by atoms with E-state index >= 15 is 0 Å². The summed E-state index contributed by atoms with van der Waals surface area (Å²) in [5, 5.41) is 10.1. The molecule has 0 amide bonds. The van der Waals surface area contributed by atoms with Crippen LogP contribution >= 0.6 is 0 Å². The van der Waals surface area contributed by atoms with Gasteiger partial charge in [-0.15, -0.1) is 0 Å². The Morgan fingerprint density at radius 2 is 1.95 bits per heavy atom. The fraction of sp³-hybridized carbons (Fsp3) is 0.400. The maximum absolute atomic E-state index is 5.67. The number of H-pyrrole nitrogens is 1. The van der Waals surface area contributed by atoms with E-state index in [1.165, 1.54) is 5.56 Å². The molecule has 1 heterocycles. The Kier molecular flexibility index (Phi) is 4.44. The molecule has 0 aliphatic carbocycles. The highest BCUT2D eigenvalue weighted by Gasteiger charge is 2.06. The summed E-state index contributed by atoms with van der Waals surface area (Å²) in [6, 6.07) is 8.45. The maximum Gasteiger partial charge on any atom is 0.119 e. The van der Waals surface area contributed by atoms with Crippen LogP contribution in [0, 0.1) is 5.92 Å². The van der Waals surface area contributed by atoms with Crippen LogP contribution in [-0.4, -0.2) is 16.8 Å². The minimum absolute atomic E-state index is 0.233. The van der Waals surface area contributed by atoms with Crippen molar-refractivity contribution < 1.29 is 4.74 Å². The van der Waals surface area contributed by atoms with E-state index in [0.29, 0.717) is 5.92 Å². The molecule has 0 fully saturated rings. The van der Waals surface area contributed by atoms with Gasteiger partial charge in [0.2, 0.25) is 0 Å². The summed E-state index contributed by atoms with van der Waals surface area (Å²) in [5.41, 5.74) is 2.21. The van der Waals surface area contributed by atoms with E-state index in [0.717, 1.165) is 18.0 Å². The molecule has 1 atom stereocenters. The molecule has 0 aliphatic heterocycles. The third kappa shape index (κ3) is 4.02. The number of benzene rings is 1. The summed E-state index contributed by atoms with van der Waals surface area (Å²) in [7, 11) is 0. The van der Waals surface area contributed by atoms with Gasteiger partial charge >= 0.3 is 0 Å². The van der Waals surface area contributed by atoms with Crippen molar-refractivity contribution in [3.05, 3.63) is 42.2 Å². The molecule has 1 unspecified atom stereocenters. The van der Waals surface area contributed by atoms with Crippen LogP contribution in [-0.2, 0) is 0 Å². The Morgan fingerprint density at radius 1 is 1.21 bits per heavy atom. The first-order chi connectivity index (χ1) is 9.15. The molecule has 0 saturated heterocycles. The quantitative estimate of drug-likeness (QED) is 0.833. The fourth-order valence-electron chi connectivity index (χ4n) is 1.78. The smallest absolute Gasteiger partial charge is 0.119 e. The van der Waals surface area contributed by atoms with Gasteiger partial charge in [-0.05, 0) is 30.5 Å². The van der Waals surface area contributed by atoms with Gasteiger partial charge in [0.15, 0.2) is 0 Å². The van der Waals surface area contributed by atoms with Crippen molar-refractivity contribution in [3.8, 4) is 5.75 Å². The van der Waals surface area contributed by atoms with Crippen LogP contribution in [0.15, 0.2) is 36.7 Å². The van der Waals surface area contributed by atoms with Crippen molar-refractivity contribution in [2.24, 2.45) is 5.92 Å². The summed E-state index contributed by atoms with van der Waals surface area (Å²) in [6.45, 7) is 7.16. The summed E-state index contributed by atoms with van der Waals surface area (Å²) >= 11 is 0. The number of rotatable bonds is 6. The van der Waals surface area contributed by atoms with Crippen molar-refractivity contribution in [2.75, 3.05) is 11.9 Å². The molecule has 2 N–H and O–H groups in total. The first kappa shape index (κ1) is 13.5. The molecule has 19 heavy (non-hydrogen) atoms. The van der Waals surface area contributed by atoms with E-state index in [9.17, 15) is 0 Å². The molecule has 0 spiro atoms. The number of hydrogen-bond donors (Lipinski definition) is 2. The third-order valence-electron chi connectivity index (χ3n) is 2.84. The predicted octanol–water partition coefficient (Wildman–Crippen LogP) is 3.62. The molecule has 2 rings (SSSR count). The van der Waals surface area contributed by atoms with Crippen LogP contribution in [0.2, 0.25) is 0 Å². The minimum atomic E-state index is 0.233. The molecule has 1 aromatic heterocycles. The average molecular weight is 259 g/mol. The molecular weight excluding hydrogens is 238 g/mol. The number of hydrogen-bond acceptors (Lipinski definition) is 3. The Bertz CT molecular complexity index is 477. The van der Waals surface area contributed by atoms with Crippen LogP contribution in [0.3, 0.4) is 0 Å². The van der Waals surface area contributed by atoms with Gasteiger partial charge in [-0.25, -0.2) is 0 Å². The molecule has 0 radical (unpaired) electrons. The van der Waals surface area contributed by atoms with Crippen LogP contribution in [0.25, 0.3) is 0 Å². The molecule has 0 aliphatic rings. The van der Waals surface area contributed by atoms with Gasteiger partial charge in [0.1, 0.15) is 5.75 Å². The monoisotopic (exact) mass is 259 g/mol. The van der Waals surface area contributed by atoms with E-state index < -0.39 is 0 Å². The van der Waals surface area contributed by atoms with Gasteiger partial charge in [0, 0.05) is 12.2 Å². The topological polar surface area (TPSA) is 49.9 Å². The summed E-state index contributed by atoms with van der Waals surface area (Å²) in [6.07, 6.45) is 3.62. The summed E-state index contributed by atoms with van der Waals surface area (Å²) in [4.78, 5) is 0. The lowest BCUT2D eigenvalue weighted by Crippen LogP contribution is -2.07.